The van der Waals surface area contributed by atoms with Gasteiger partial charge < -0.3 is 13.9 Å². The summed E-state index contributed by atoms with van der Waals surface area (Å²) in [6.45, 7) is 5.76. The van der Waals surface area contributed by atoms with E-state index in [-0.39, 0.29) is 11.5 Å². The molecule has 3 aromatic carbocycles. The molecule has 4 rings (SSSR count). The Labute approximate surface area is 179 Å². The molecule has 0 aliphatic rings. The molecule has 4 aromatic rings. The van der Waals surface area contributed by atoms with Crippen LogP contribution >= 0.6 is 0 Å². The van der Waals surface area contributed by atoms with Crippen LogP contribution in [-0.4, -0.2) is 13.1 Å². The Morgan fingerprint density at radius 1 is 0.903 bits per heavy atom. The first kappa shape index (κ1) is 20.4. The van der Waals surface area contributed by atoms with Crippen molar-refractivity contribution in [2.45, 2.75) is 20.8 Å². The lowest BCUT2D eigenvalue weighted by Crippen LogP contribution is -2.16. The van der Waals surface area contributed by atoms with Crippen LogP contribution in [0.1, 0.15) is 27.0 Å². The zero-order valence-electron chi connectivity index (χ0n) is 17.8. The number of carbonyl (C=O) groups is 1. The first-order valence-electron chi connectivity index (χ1n) is 9.88. The van der Waals surface area contributed by atoms with E-state index in [1.165, 1.54) is 0 Å². The van der Waals surface area contributed by atoms with Crippen molar-refractivity contribution in [1.29, 1.82) is 0 Å². The lowest BCUT2D eigenvalue weighted by molar-refractivity contribution is 0.0731. The van der Waals surface area contributed by atoms with Crippen LogP contribution in [0.5, 0.6) is 11.5 Å². The maximum absolute atomic E-state index is 13.4. The molecule has 1 heterocycles. The predicted molar refractivity (Wildman–Crippen MR) is 120 cm³/mol. The third-order valence-electron chi connectivity index (χ3n) is 5.27. The predicted octanol–water partition coefficient (Wildman–Crippen LogP) is 5.61. The number of fused-ring (bicyclic) bond motifs is 1. The SMILES string of the molecule is COc1ccc(-c2oc3cc(C)c(C)cc3c(=O)c2OC(=O)c2cccc(C)c2)cc1. The van der Waals surface area contributed by atoms with Gasteiger partial charge in [-0.25, -0.2) is 4.79 Å². The molecule has 0 atom stereocenters. The maximum Gasteiger partial charge on any atom is 0.343 e. The number of carbonyl (C=O) groups excluding carboxylic acids is 1. The summed E-state index contributed by atoms with van der Waals surface area (Å²) in [4.78, 5) is 26.2. The van der Waals surface area contributed by atoms with E-state index in [0.717, 1.165) is 16.7 Å². The van der Waals surface area contributed by atoms with Crippen molar-refractivity contribution >= 4 is 16.9 Å². The second-order valence-corrected chi connectivity index (χ2v) is 7.51. The minimum absolute atomic E-state index is 0.132. The zero-order valence-corrected chi connectivity index (χ0v) is 17.8. The number of hydrogen-bond donors (Lipinski definition) is 0. The van der Waals surface area contributed by atoms with Crippen molar-refractivity contribution < 1.29 is 18.7 Å². The van der Waals surface area contributed by atoms with E-state index in [4.69, 9.17) is 13.9 Å². The summed E-state index contributed by atoms with van der Waals surface area (Å²) in [5, 5.41) is 0.368. The number of methoxy groups -OCH3 is 1. The Balaban J connectivity index is 1.91. The maximum atomic E-state index is 13.4. The second-order valence-electron chi connectivity index (χ2n) is 7.51. The van der Waals surface area contributed by atoms with E-state index in [1.807, 2.05) is 32.9 Å². The number of esters is 1. The highest BCUT2D eigenvalue weighted by Gasteiger charge is 2.22. The van der Waals surface area contributed by atoms with Crippen molar-refractivity contribution in [2.24, 2.45) is 0 Å². The van der Waals surface area contributed by atoms with Gasteiger partial charge in [0.05, 0.1) is 18.1 Å². The minimum atomic E-state index is -0.617. The highest BCUT2D eigenvalue weighted by atomic mass is 16.5. The molecule has 0 aliphatic heterocycles. The number of hydrogen-bond acceptors (Lipinski definition) is 5. The van der Waals surface area contributed by atoms with Gasteiger partial charge in [0.2, 0.25) is 11.2 Å². The summed E-state index contributed by atoms with van der Waals surface area (Å²) in [5.74, 6) is 0.113. The fourth-order valence-corrected chi connectivity index (χ4v) is 3.38. The van der Waals surface area contributed by atoms with Gasteiger partial charge in [-0.05, 0) is 80.4 Å². The van der Waals surface area contributed by atoms with Gasteiger partial charge >= 0.3 is 5.97 Å². The molecule has 0 aliphatic carbocycles. The fourth-order valence-electron chi connectivity index (χ4n) is 3.38. The van der Waals surface area contributed by atoms with Crippen LogP contribution in [0.4, 0.5) is 0 Å². The van der Waals surface area contributed by atoms with Crippen LogP contribution in [0.3, 0.4) is 0 Å². The Morgan fingerprint density at radius 3 is 2.29 bits per heavy atom. The van der Waals surface area contributed by atoms with Gasteiger partial charge in [-0.1, -0.05) is 17.7 Å². The van der Waals surface area contributed by atoms with Crippen molar-refractivity contribution in [3.8, 4) is 22.8 Å². The van der Waals surface area contributed by atoms with E-state index in [9.17, 15) is 9.59 Å². The van der Waals surface area contributed by atoms with Gasteiger partial charge in [0, 0.05) is 5.56 Å². The van der Waals surface area contributed by atoms with Gasteiger partial charge in [-0.15, -0.1) is 0 Å². The van der Waals surface area contributed by atoms with E-state index < -0.39 is 11.4 Å². The van der Waals surface area contributed by atoms with E-state index in [1.54, 1.807) is 55.6 Å². The van der Waals surface area contributed by atoms with E-state index >= 15 is 0 Å². The van der Waals surface area contributed by atoms with E-state index in [2.05, 4.69) is 0 Å². The third kappa shape index (κ3) is 3.94. The van der Waals surface area contributed by atoms with Crippen LogP contribution < -0.4 is 14.9 Å². The Hall–Kier alpha value is -3.86. The van der Waals surface area contributed by atoms with E-state index in [0.29, 0.717) is 27.8 Å². The highest BCUT2D eigenvalue weighted by molar-refractivity contribution is 5.93. The summed E-state index contributed by atoms with van der Waals surface area (Å²) >= 11 is 0. The molecule has 0 spiro atoms. The topological polar surface area (TPSA) is 65.7 Å². The molecular formula is C26H22O5. The molecule has 0 radical (unpaired) electrons. The molecule has 0 bridgehead atoms. The normalized spacial score (nSPS) is 10.8. The largest absolute Gasteiger partial charge is 0.497 e. The number of aryl methyl sites for hydroxylation is 3. The van der Waals surface area contributed by atoms with Crippen molar-refractivity contribution in [3.05, 3.63) is 93.1 Å². The monoisotopic (exact) mass is 414 g/mol. The fraction of sp³-hybridized carbons (Fsp3) is 0.154. The van der Waals surface area contributed by atoms with Crippen LogP contribution in [0.2, 0.25) is 0 Å². The zero-order chi connectivity index (χ0) is 22.1. The quantitative estimate of drug-likeness (QED) is 0.406. The standard InChI is InChI=1S/C26H22O5/c1-15-6-5-7-19(12-15)26(28)31-25-23(27)21-13-16(2)17(3)14-22(21)30-24(25)18-8-10-20(29-4)11-9-18/h5-14H,1-4H3. The molecule has 5 nitrogen and oxygen atoms in total. The molecular weight excluding hydrogens is 392 g/mol. The average Bonchev–Trinajstić information content (AvgIpc) is 2.77. The number of ether oxygens (including phenoxy) is 2. The van der Waals surface area contributed by atoms with Gasteiger partial charge in [-0.3, -0.25) is 4.79 Å². The summed E-state index contributed by atoms with van der Waals surface area (Å²) in [7, 11) is 1.57. The van der Waals surface area contributed by atoms with Gasteiger partial charge in [0.25, 0.3) is 0 Å². The Morgan fingerprint density at radius 2 is 1.61 bits per heavy atom. The van der Waals surface area contributed by atoms with Crippen LogP contribution in [0.25, 0.3) is 22.3 Å². The molecule has 0 saturated carbocycles. The number of benzene rings is 3. The molecule has 156 valence electrons. The summed E-state index contributed by atoms with van der Waals surface area (Å²) in [5.41, 5.74) is 3.88. The summed E-state index contributed by atoms with van der Waals surface area (Å²) < 4.78 is 17.0. The minimum Gasteiger partial charge on any atom is -0.497 e. The third-order valence-corrected chi connectivity index (χ3v) is 5.27. The Bertz CT molecular complexity index is 1350. The smallest absolute Gasteiger partial charge is 0.343 e. The second kappa shape index (κ2) is 8.11. The molecule has 0 saturated heterocycles. The summed E-state index contributed by atoms with van der Waals surface area (Å²) in [6, 6.07) is 17.6. The van der Waals surface area contributed by atoms with Gasteiger partial charge in [-0.2, -0.15) is 0 Å². The first-order valence-corrected chi connectivity index (χ1v) is 9.88. The lowest BCUT2D eigenvalue weighted by Gasteiger charge is -2.12. The van der Waals surface area contributed by atoms with Gasteiger partial charge in [0.1, 0.15) is 11.3 Å². The number of rotatable bonds is 4. The molecule has 0 fully saturated rings. The first-order chi connectivity index (χ1) is 14.9. The molecule has 5 heteroatoms. The highest BCUT2D eigenvalue weighted by Crippen LogP contribution is 2.33. The van der Waals surface area contributed by atoms with Crippen molar-refractivity contribution in [3.63, 3.8) is 0 Å². The van der Waals surface area contributed by atoms with Crippen molar-refractivity contribution in [1.82, 2.24) is 0 Å². The molecule has 1 aromatic heterocycles. The van der Waals surface area contributed by atoms with Gasteiger partial charge in [0.15, 0.2) is 5.76 Å². The van der Waals surface area contributed by atoms with Crippen LogP contribution in [0, 0.1) is 20.8 Å². The van der Waals surface area contributed by atoms with Crippen LogP contribution in [0.15, 0.2) is 69.9 Å². The molecule has 31 heavy (non-hydrogen) atoms. The lowest BCUT2D eigenvalue weighted by atomic mass is 10.0. The average molecular weight is 414 g/mol. The molecule has 0 unspecified atom stereocenters. The molecule has 0 amide bonds. The molecule has 0 N–H and O–H groups in total. The summed E-state index contributed by atoms with van der Waals surface area (Å²) in [6.07, 6.45) is 0. The Kier molecular flexibility index (Phi) is 5.34. The van der Waals surface area contributed by atoms with Crippen molar-refractivity contribution in [2.75, 3.05) is 7.11 Å². The van der Waals surface area contributed by atoms with Crippen LogP contribution in [-0.2, 0) is 0 Å².